The van der Waals surface area contributed by atoms with Crippen molar-refractivity contribution in [3.05, 3.63) is 65.5 Å². The Morgan fingerprint density at radius 2 is 1.50 bits per heavy atom. The third-order valence-electron chi connectivity index (χ3n) is 3.70. The summed E-state index contributed by atoms with van der Waals surface area (Å²) in [7, 11) is 1.92. The molecule has 0 saturated heterocycles. The number of benzene rings is 2. The molecule has 0 bridgehead atoms. The maximum Gasteiger partial charge on any atom is 0.128 e. The highest BCUT2D eigenvalue weighted by molar-refractivity contribution is 5.55. The summed E-state index contributed by atoms with van der Waals surface area (Å²) in [6.45, 7) is 3.69. The maximum absolute atomic E-state index is 13.9. The van der Waals surface area contributed by atoms with Gasteiger partial charge < -0.3 is 10.0 Å². The van der Waals surface area contributed by atoms with Gasteiger partial charge in [0.15, 0.2) is 0 Å². The first-order valence-electron chi connectivity index (χ1n) is 6.76. The van der Waals surface area contributed by atoms with Gasteiger partial charge >= 0.3 is 0 Å². The van der Waals surface area contributed by atoms with Crippen molar-refractivity contribution in [3.63, 3.8) is 0 Å². The average molecular weight is 273 g/mol. The normalized spacial score (nSPS) is 13.8. The highest BCUT2D eigenvalue weighted by Crippen LogP contribution is 2.32. The van der Waals surface area contributed by atoms with Crippen LogP contribution in [0.3, 0.4) is 0 Å². The molecule has 0 aliphatic carbocycles. The number of rotatable bonds is 4. The summed E-state index contributed by atoms with van der Waals surface area (Å²) < 4.78 is 13.9. The zero-order valence-corrected chi connectivity index (χ0v) is 12.0. The monoisotopic (exact) mass is 273 g/mol. The van der Waals surface area contributed by atoms with Gasteiger partial charge in [0.2, 0.25) is 0 Å². The van der Waals surface area contributed by atoms with Crippen molar-refractivity contribution in [2.45, 2.75) is 26.0 Å². The largest absolute Gasteiger partial charge is 0.389 e. The van der Waals surface area contributed by atoms with E-state index in [1.54, 1.807) is 19.1 Å². The Morgan fingerprint density at radius 3 is 2.10 bits per heavy atom. The summed E-state index contributed by atoms with van der Waals surface area (Å²) in [4.78, 5) is 1.99. The molecule has 2 aromatic rings. The van der Waals surface area contributed by atoms with Gasteiger partial charge in [-0.2, -0.15) is 0 Å². The first kappa shape index (κ1) is 14.5. The van der Waals surface area contributed by atoms with E-state index in [2.05, 4.69) is 0 Å². The van der Waals surface area contributed by atoms with E-state index in [4.69, 9.17) is 0 Å². The molecule has 0 saturated carbocycles. The van der Waals surface area contributed by atoms with Crippen molar-refractivity contribution < 1.29 is 9.50 Å². The molecule has 0 aliphatic heterocycles. The Balaban J connectivity index is 2.37. The van der Waals surface area contributed by atoms with E-state index in [0.29, 0.717) is 5.56 Å². The summed E-state index contributed by atoms with van der Waals surface area (Å²) >= 11 is 0. The molecule has 2 atom stereocenters. The summed E-state index contributed by atoms with van der Waals surface area (Å²) in [5.74, 6) is -0.207. The standard InChI is InChI=1S/C17H20FNO/c1-12(14-8-4-6-10-16(14)18)19(3)17-11-7-5-9-15(17)13(2)20/h4-13,20H,1-3H3. The maximum atomic E-state index is 13.9. The molecule has 0 spiro atoms. The molecule has 0 radical (unpaired) electrons. The molecule has 0 aliphatic rings. The smallest absolute Gasteiger partial charge is 0.128 e. The Bertz CT molecular complexity index is 583. The molecular weight excluding hydrogens is 253 g/mol. The van der Waals surface area contributed by atoms with E-state index < -0.39 is 6.10 Å². The van der Waals surface area contributed by atoms with Gasteiger partial charge in [-0.1, -0.05) is 36.4 Å². The lowest BCUT2D eigenvalue weighted by Crippen LogP contribution is -2.24. The summed E-state index contributed by atoms with van der Waals surface area (Å²) in [6, 6.07) is 14.3. The summed E-state index contributed by atoms with van der Waals surface area (Å²) in [5.41, 5.74) is 2.41. The minimum Gasteiger partial charge on any atom is -0.389 e. The Hall–Kier alpha value is -1.87. The van der Waals surface area contributed by atoms with Gasteiger partial charge in [0.05, 0.1) is 12.1 Å². The van der Waals surface area contributed by atoms with Crippen LogP contribution in [-0.4, -0.2) is 12.2 Å². The number of aliphatic hydroxyl groups excluding tert-OH is 1. The number of nitrogens with zero attached hydrogens (tertiary/aromatic N) is 1. The van der Waals surface area contributed by atoms with E-state index in [9.17, 15) is 9.50 Å². The Kier molecular flexibility index (Phi) is 4.40. The van der Waals surface area contributed by atoms with Gasteiger partial charge in [0.25, 0.3) is 0 Å². The van der Waals surface area contributed by atoms with E-state index in [-0.39, 0.29) is 11.9 Å². The van der Waals surface area contributed by atoms with E-state index in [0.717, 1.165) is 11.3 Å². The molecular formula is C17H20FNO. The van der Waals surface area contributed by atoms with Crippen LogP contribution in [0.4, 0.5) is 10.1 Å². The van der Waals surface area contributed by atoms with E-state index >= 15 is 0 Å². The number of halogens is 1. The van der Waals surface area contributed by atoms with Crippen molar-refractivity contribution in [2.24, 2.45) is 0 Å². The first-order chi connectivity index (χ1) is 9.52. The van der Waals surface area contributed by atoms with Crippen LogP contribution in [0.1, 0.15) is 37.1 Å². The first-order valence-corrected chi connectivity index (χ1v) is 6.76. The highest BCUT2D eigenvalue weighted by atomic mass is 19.1. The SMILES string of the molecule is CC(O)c1ccccc1N(C)C(C)c1ccccc1F. The third kappa shape index (κ3) is 2.83. The molecule has 106 valence electrons. The van der Waals surface area contributed by atoms with Crippen LogP contribution in [-0.2, 0) is 0 Å². The van der Waals surface area contributed by atoms with Crippen molar-refractivity contribution in [1.29, 1.82) is 0 Å². The van der Waals surface area contributed by atoms with Gasteiger partial charge in [0, 0.05) is 23.9 Å². The molecule has 3 heteroatoms. The van der Waals surface area contributed by atoms with Crippen LogP contribution in [0.2, 0.25) is 0 Å². The molecule has 2 aromatic carbocycles. The van der Waals surface area contributed by atoms with Crippen LogP contribution in [0, 0.1) is 5.82 Å². The molecule has 2 nitrogen and oxygen atoms in total. The average Bonchev–Trinajstić information content (AvgIpc) is 2.46. The molecule has 0 heterocycles. The van der Waals surface area contributed by atoms with Gasteiger partial charge in [-0.05, 0) is 26.0 Å². The zero-order valence-electron chi connectivity index (χ0n) is 12.0. The fourth-order valence-electron chi connectivity index (χ4n) is 2.39. The van der Waals surface area contributed by atoms with Crippen LogP contribution in [0.25, 0.3) is 0 Å². The molecule has 0 aromatic heterocycles. The van der Waals surface area contributed by atoms with Crippen molar-refractivity contribution in [2.75, 3.05) is 11.9 Å². The minimum absolute atomic E-state index is 0.115. The summed E-state index contributed by atoms with van der Waals surface area (Å²) in [5, 5.41) is 9.86. The van der Waals surface area contributed by atoms with Crippen LogP contribution >= 0.6 is 0 Å². The second kappa shape index (κ2) is 6.06. The summed E-state index contributed by atoms with van der Waals surface area (Å²) in [6.07, 6.45) is -0.554. The van der Waals surface area contributed by atoms with E-state index in [1.807, 2.05) is 49.2 Å². The number of para-hydroxylation sites is 1. The molecule has 20 heavy (non-hydrogen) atoms. The van der Waals surface area contributed by atoms with Crippen molar-refractivity contribution in [1.82, 2.24) is 0 Å². The third-order valence-corrected chi connectivity index (χ3v) is 3.70. The van der Waals surface area contributed by atoms with Crippen LogP contribution in [0.15, 0.2) is 48.5 Å². The van der Waals surface area contributed by atoms with Crippen LogP contribution in [0.5, 0.6) is 0 Å². The Labute approximate surface area is 119 Å². The zero-order chi connectivity index (χ0) is 14.7. The number of hydrogen-bond donors (Lipinski definition) is 1. The molecule has 2 unspecified atom stereocenters. The predicted octanol–water partition coefficient (Wildman–Crippen LogP) is 4.08. The second-order valence-corrected chi connectivity index (χ2v) is 5.04. The second-order valence-electron chi connectivity index (χ2n) is 5.04. The lowest BCUT2D eigenvalue weighted by atomic mass is 10.0. The number of aliphatic hydroxyl groups is 1. The molecule has 0 amide bonds. The van der Waals surface area contributed by atoms with Gasteiger partial charge in [-0.3, -0.25) is 0 Å². The lowest BCUT2D eigenvalue weighted by molar-refractivity contribution is 0.199. The Morgan fingerprint density at radius 1 is 0.950 bits per heavy atom. The minimum atomic E-state index is -0.554. The lowest BCUT2D eigenvalue weighted by Gasteiger charge is -2.30. The van der Waals surface area contributed by atoms with E-state index in [1.165, 1.54) is 6.07 Å². The fraction of sp³-hybridized carbons (Fsp3) is 0.294. The number of hydrogen-bond acceptors (Lipinski definition) is 2. The van der Waals surface area contributed by atoms with Crippen LogP contribution < -0.4 is 4.90 Å². The molecule has 0 fully saturated rings. The highest BCUT2D eigenvalue weighted by Gasteiger charge is 2.19. The van der Waals surface area contributed by atoms with Crippen molar-refractivity contribution >= 4 is 5.69 Å². The molecule has 2 rings (SSSR count). The molecule has 1 N–H and O–H groups in total. The topological polar surface area (TPSA) is 23.5 Å². The van der Waals surface area contributed by atoms with Gasteiger partial charge in [0.1, 0.15) is 5.82 Å². The van der Waals surface area contributed by atoms with Gasteiger partial charge in [-0.15, -0.1) is 0 Å². The predicted molar refractivity (Wildman–Crippen MR) is 80.3 cm³/mol. The van der Waals surface area contributed by atoms with Gasteiger partial charge in [-0.25, -0.2) is 4.39 Å². The number of anilines is 1. The van der Waals surface area contributed by atoms with Crippen molar-refractivity contribution in [3.8, 4) is 0 Å². The fourth-order valence-corrected chi connectivity index (χ4v) is 2.39. The quantitative estimate of drug-likeness (QED) is 0.907.